The van der Waals surface area contributed by atoms with Gasteiger partial charge in [-0.3, -0.25) is 0 Å². The highest BCUT2D eigenvalue weighted by molar-refractivity contribution is 6.28. The number of nitrogens with one attached hydrogen (secondary N) is 2. The molecule has 0 spiro atoms. The van der Waals surface area contributed by atoms with Gasteiger partial charge in [0.1, 0.15) is 5.75 Å². The number of halogens is 1. The van der Waals surface area contributed by atoms with Crippen molar-refractivity contribution in [2.45, 2.75) is 12.8 Å². The van der Waals surface area contributed by atoms with Gasteiger partial charge in [0.05, 0.1) is 0 Å². The normalized spacial score (nSPS) is 10.4. The quantitative estimate of drug-likeness (QED) is 0.580. The highest BCUT2D eigenvalue weighted by atomic mass is 35.5. The van der Waals surface area contributed by atoms with Gasteiger partial charge in [-0.25, -0.2) is 0 Å². The van der Waals surface area contributed by atoms with Crippen LogP contribution in [0.4, 0.5) is 17.6 Å². The van der Waals surface area contributed by atoms with Gasteiger partial charge in [-0.2, -0.15) is 15.0 Å². The lowest BCUT2D eigenvalue weighted by molar-refractivity contribution is 0.475. The molecule has 2 aromatic rings. The summed E-state index contributed by atoms with van der Waals surface area (Å²) in [5, 5.41) is 15.5. The molecule has 2 rings (SSSR count). The Hall–Kier alpha value is -2.12. The Morgan fingerprint density at radius 1 is 1.14 bits per heavy atom. The molecule has 8 heteroatoms. The van der Waals surface area contributed by atoms with E-state index in [1.807, 2.05) is 0 Å². The molecule has 0 aliphatic rings. The van der Waals surface area contributed by atoms with Crippen molar-refractivity contribution in [3.8, 4) is 5.75 Å². The maximum atomic E-state index is 9.43. The first kappa shape index (κ1) is 15.3. The van der Waals surface area contributed by atoms with E-state index in [2.05, 4.69) is 25.6 Å². The number of aromatic hydroxyl groups is 1. The first-order chi connectivity index (χ1) is 10.2. The molecule has 5 N–H and O–H groups in total. The Bertz CT molecular complexity index is 595. The molecule has 0 atom stereocenters. The van der Waals surface area contributed by atoms with Crippen LogP contribution in [-0.2, 0) is 0 Å². The Kier molecular flexibility index (Phi) is 5.53. The van der Waals surface area contributed by atoms with Crippen molar-refractivity contribution in [2.24, 2.45) is 5.73 Å². The topological polar surface area (TPSA) is 109 Å². The van der Waals surface area contributed by atoms with E-state index in [1.54, 1.807) is 24.3 Å². The Balaban J connectivity index is 2.04. The number of hydrogen-bond donors (Lipinski definition) is 4. The summed E-state index contributed by atoms with van der Waals surface area (Å²) in [6, 6.07) is 6.64. The number of aromatic nitrogens is 3. The number of unbranched alkanes of at least 4 members (excludes halogenated alkanes) is 1. The molecule has 7 nitrogen and oxygen atoms in total. The predicted octanol–water partition coefficient (Wildman–Crippen LogP) is 2.12. The second-order valence-electron chi connectivity index (χ2n) is 4.35. The van der Waals surface area contributed by atoms with Crippen LogP contribution in [0.1, 0.15) is 12.8 Å². The van der Waals surface area contributed by atoms with Crippen LogP contribution in [0.2, 0.25) is 5.28 Å². The maximum Gasteiger partial charge on any atom is 0.233 e. The van der Waals surface area contributed by atoms with Crippen LogP contribution in [-0.4, -0.2) is 33.1 Å². The molecule has 1 aromatic heterocycles. The fourth-order valence-electron chi connectivity index (χ4n) is 1.67. The lowest BCUT2D eigenvalue weighted by atomic mass is 10.3. The molecule has 0 fully saturated rings. The van der Waals surface area contributed by atoms with E-state index in [0.29, 0.717) is 30.7 Å². The van der Waals surface area contributed by atoms with Gasteiger partial charge in [-0.05, 0) is 43.1 Å². The third-order valence-corrected chi connectivity index (χ3v) is 2.79. The largest absolute Gasteiger partial charge is 0.508 e. The fourth-order valence-corrected chi connectivity index (χ4v) is 1.83. The molecular weight excluding hydrogens is 292 g/mol. The zero-order chi connectivity index (χ0) is 15.1. The van der Waals surface area contributed by atoms with Gasteiger partial charge in [0.25, 0.3) is 0 Å². The molecule has 0 radical (unpaired) electrons. The molecule has 21 heavy (non-hydrogen) atoms. The van der Waals surface area contributed by atoms with E-state index in [9.17, 15) is 5.11 Å². The van der Waals surface area contributed by atoms with Crippen molar-refractivity contribution in [1.82, 2.24) is 15.0 Å². The third kappa shape index (κ3) is 5.05. The Labute approximate surface area is 127 Å². The van der Waals surface area contributed by atoms with Crippen molar-refractivity contribution in [2.75, 3.05) is 23.7 Å². The SMILES string of the molecule is NCCCCNc1nc(Cl)nc(Nc2cccc(O)c2)n1. The van der Waals surface area contributed by atoms with Crippen molar-refractivity contribution < 1.29 is 5.11 Å². The fraction of sp³-hybridized carbons (Fsp3) is 0.308. The summed E-state index contributed by atoms with van der Waals surface area (Å²) in [5.41, 5.74) is 6.09. The first-order valence-corrected chi connectivity index (χ1v) is 6.97. The average molecular weight is 309 g/mol. The zero-order valence-electron chi connectivity index (χ0n) is 11.4. The van der Waals surface area contributed by atoms with Crippen LogP contribution in [0.5, 0.6) is 5.75 Å². The van der Waals surface area contributed by atoms with Crippen LogP contribution in [0, 0.1) is 0 Å². The first-order valence-electron chi connectivity index (χ1n) is 6.59. The highest BCUT2D eigenvalue weighted by Gasteiger charge is 2.05. The number of phenols is 1. The minimum Gasteiger partial charge on any atom is -0.508 e. The zero-order valence-corrected chi connectivity index (χ0v) is 12.1. The maximum absolute atomic E-state index is 9.43. The monoisotopic (exact) mass is 308 g/mol. The smallest absolute Gasteiger partial charge is 0.233 e. The average Bonchev–Trinajstić information content (AvgIpc) is 2.43. The van der Waals surface area contributed by atoms with Gasteiger partial charge >= 0.3 is 0 Å². The number of benzene rings is 1. The van der Waals surface area contributed by atoms with Crippen molar-refractivity contribution in [3.63, 3.8) is 0 Å². The number of nitrogens with zero attached hydrogens (tertiary/aromatic N) is 3. The lowest BCUT2D eigenvalue weighted by Gasteiger charge is -2.08. The number of anilines is 3. The van der Waals surface area contributed by atoms with E-state index < -0.39 is 0 Å². The molecular formula is C13H17ClN6O. The van der Waals surface area contributed by atoms with Crippen molar-refractivity contribution in [1.29, 1.82) is 0 Å². The standard InChI is InChI=1S/C13H17ClN6O/c14-11-18-12(16-7-2-1-6-15)20-13(19-11)17-9-4-3-5-10(21)8-9/h3-5,8,21H,1-2,6-7,15H2,(H2,16,17,18,19,20). The number of rotatable bonds is 7. The van der Waals surface area contributed by atoms with Crippen molar-refractivity contribution >= 4 is 29.2 Å². The summed E-state index contributed by atoms with van der Waals surface area (Å²) < 4.78 is 0. The van der Waals surface area contributed by atoms with Gasteiger partial charge in [0.15, 0.2) is 0 Å². The Morgan fingerprint density at radius 3 is 2.71 bits per heavy atom. The Morgan fingerprint density at radius 2 is 1.95 bits per heavy atom. The van der Waals surface area contributed by atoms with Gasteiger partial charge in [0, 0.05) is 18.3 Å². The van der Waals surface area contributed by atoms with Gasteiger partial charge < -0.3 is 21.5 Å². The van der Waals surface area contributed by atoms with Crippen LogP contribution in [0.15, 0.2) is 24.3 Å². The molecule has 0 saturated carbocycles. The molecule has 0 aliphatic carbocycles. The summed E-state index contributed by atoms with van der Waals surface area (Å²) in [7, 11) is 0. The van der Waals surface area contributed by atoms with E-state index >= 15 is 0 Å². The second kappa shape index (κ2) is 7.61. The molecule has 0 saturated heterocycles. The van der Waals surface area contributed by atoms with E-state index in [-0.39, 0.29) is 11.0 Å². The van der Waals surface area contributed by atoms with E-state index in [1.165, 1.54) is 0 Å². The second-order valence-corrected chi connectivity index (χ2v) is 4.69. The van der Waals surface area contributed by atoms with Crippen LogP contribution in [0.25, 0.3) is 0 Å². The number of nitrogens with two attached hydrogens (primary N) is 1. The summed E-state index contributed by atoms with van der Waals surface area (Å²) in [5.74, 6) is 0.858. The van der Waals surface area contributed by atoms with E-state index in [0.717, 1.165) is 12.8 Å². The van der Waals surface area contributed by atoms with Crippen molar-refractivity contribution in [3.05, 3.63) is 29.5 Å². The third-order valence-electron chi connectivity index (χ3n) is 2.62. The van der Waals surface area contributed by atoms with E-state index in [4.69, 9.17) is 17.3 Å². The van der Waals surface area contributed by atoms with Gasteiger partial charge in [-0.15, -0.1) is 0 Å². The molecule has 0 amide bonds. The highest BCUT2D eigenvalue weighted by Crippen LogP contribution is 2.19. The predicted molar refractivity (Wildman–Crippen MR) is 83.0 cm³/mol. The number of hydrogen-bond acceptors (Lipinski definition) is 7. The lowest BCUT2D eigenvalue weighted by Crippen LogP contribution is -2.10. The molecule has 0 bridgehead atoms. The molecule has 112 valence electrons. The molecule has 0 aliphatic heterocycles. The van der Waals surface area contributed by atoms with Gasteiger partial charge in [0.2, 0.25) is 17.2 Å². The van der Waals surface area contributed by atoms with Gasteiger partial charge in [-0.1, -0.05) is 6.07 Å². The molecule has 1 aromatic carbocycles. The molecule has 0 unspecified atom stereocenters. The molecule has 1 heterocycles. The summed E-state index contributed by atoms with van der Waals surface area (Å²) in [6.45, 7) is 1.37. The van der Waals surface area contributed by atoms with Crippen LogP contribution < -0.4 is 16.4 Å². The number of phenolic OH excluding ortho intramolecular Hbond substituents is 1. The summed E-state index contributed by atoms with van der Waals surface area (Å²) >= 11 is 5.88. The minimum atomic E-state index is 0.0916. The van der Waals surface area contributed by atoms with Crippen LogP contribution >= 0.6 is 11.6 Å². The summed E-state index contributed by atoms with van der Waals surface area (Å²) in [6.07, 6.45) is 1.86. The minimum absolute atomic E-state index is 0.0916. The van der Waals surface area contributed by atoms with Crippen LogP contribution in [0.3, 0.4) is 0 Å². The summed E-state index contributed by atoms with van der Waals surface area (Å²) in [4.78, 5) is 12.2.